The van der Waals surface area contributed by atoms with Crippen molar-refractivity contribution in [2.45, 2.75) is 6.42 Å². The highest BCUT2D eigenvalue weighted by molar-refractivity contribution is 5.78. The minimum Gasteiger partial charge on any atom is -0.349 e. The van der Waals surface area contributed by atoms with Crippen molar-refractivity contribution in [3.63, 3.8) is 0 Å². The molecule has 11 heavy (non-hydrogen) atoms. The highest BCUT2D eigenvalue weighted by Crippen LogP contribution is 1.81. The van der Waals surface area contributed by atoms with Gasteiger partial charge in [-0.15, -0.1) is 0 Å². The lowest BCUT2D eigenvalue weighted by molar-refractivity contribution is -0.122. The van der Waals surface area contributed by atoms with Gasteiger partial charge in [-0.2, -0.15) is 0 Å². The Hall–Kier alpha value is -0.900. The Kier molecular flexibility index (Phi) is 5.37. The molecule has 0 aliphatic carbocycles. The lowest BCUT2D eigenvalue weighted by atomic mass is 10.4. The molecule has 0 fully saturated rings. The highest BCUT2D eigenvalue weighted by atomic mass is 16.2. The summed E-state index contributed by atoms with van der Waals surface area (Å²) in [4.78, 5) is 22.5. The van der Waals surface area contributed by atoms with E-state index in [0.29, 0.717) is 19.3 Å². The second-order valence-electron chi connectivity index (χ2n) is 2.52. The van der Waals surface area contributed by atoms with Crippen LogP contribution in [0.2, 0.25) is 0 Å². The second-order valence-corrected chi connectivity index (χ2v) is 2.52. The monoisotopic (exact) mass is 158 g/mol. The topological polar surface area (TPSA) is 49.4 Å². The number of hydrogen-bond donors (Lipinski definition) is 1. The van der Waals surface area contributed by atoms with Gasteiger partial charge < -0.3 is 15.0 Å². The molecule has 0 aliphatic heterocycles. The van der Waals surface area contributed by atoms with Crippen LogP contribution in [0.15, 0.2) is 0 Å². The maximum Gasteiger partial charge on any atom is 0.221 e. The molecule has 1 amide bonds. The SMILES string of the molecule is CN(C)CCC(=O)NCC=O. The molecule has 0 heterocycles. The van der Waals surface area contributed by atoms with Gasteiger partial charge in [0.05, 0.1) is 6.54 Å². The number of aldehydes is 1. The van der Waals surface area contributed by atoms with Gasteiger partial charge in [0.1, 0.15) is 6.29 Å². The first kappa shape index (κ1) is 10.1. The van der Waals surface area contributed by atoms with Crippen molar-refractivity contribution in [2.75, 3.05) is 27.2 Å². The lowest BCUT2D eigenvalue weighted by Crippen LogP contribution is -2.28. The average Bonchev–Trinajstić information content (AvgIpc) is 1.97. The Morgan fingerprint density at radius 3 is 2.64 bits per heavy atom. The van der Waals surface area contributed by atoms with Crippen LogP contribution in [0.25, 0.3) is 0 Å². The van der Waals surface area contributed by atoms with E-state index in [0.717, 1.165) is 0 Å². The molecule has 64 valence electrons. The molecule has 0 saturated carbocycles. The molecular formula is C7H14N2O2. The molecular weight excluding hydrogens is 144 g/mol. The maximum atomic E-state index is 10.8. The number of rotatable bonds is 5. The van der Waals surface area contributed by atoms with Gasteiger partial charge in [0.25, 0.3) is 0 Å². The predicted octanol–water partition coefficient (Wildman–Crippen LogP) is -0.747. The fraction of sp³-hybridized carbons (Fsp3) is 0.714. The number of nitrogens with one attached hydrogen (secondary N) is 1. The summed E-state index contributed by atoms with van der Waals surface area (Å²) in [5.41, 5.74) is 0. The second kappa shape index (κ2) is 5.85. The third-order valence-electron chi connectivity index (χ3n) is 1.17. The summed E-state index contributed by atoms with van der Waals surface area (Å²) in [5, 5.41) is 2.45. The average molecular weight is 158 g/mol. The van der Waals surface area contributed by atoms with Gasteiger partial charge in [0.2, 0.25) is 5.91 Å². The van der Waals surface area contributed by atoms with Crippen molar-refractivity contribution in [2.24, 2.45) is 0 Å². The van der Waals surface area contributed by atoms with E-state index < -0.39 is 0 Å². The Morgan fingerprint density at radius 1 is 1.55 bits per heavy atom. The van der Waals surface area contributed by atoms with Gasteiger partial charge in [-0.1, -0.05) is 0 Å². The van der Waals surface area contributed by atoms with E-state index in [2.05, 4.69) is 5.32 Å². The first-order chi connectivity index (χ1) is 5.16. The molecule has 0 aromatic heterocycles. The van der Waals surface area contributed by atoms with Crippen molar-refractivity contribution in [1.82, 2.24) is 10.2 Å². The van der Waals surface area contributed by atoms with Gasteiger partial charge in [0, 0.05) is 13.0 Å². The molecule has 0 spiro atoms. The van der Waals surface area contributed by atoms with Crippen LogP contribution in [-0.2, 0) is 9.59 Å². The molecule has 0 rings (SSSR count). The summed E-state index contributed by atoms with van der Waals surface area (Å²) in [6.07, 6.45) is 1.12. The number of carbonyl (C=O) groups excluding carboxylic acids is 2. The molecule has 0 unspecified atom stereocenters. The van der Waals surface area contributed by atoms with Gasteiger partial charge in [0.15, 0.2) is 0 Å². The molecule has 0 aliphatic rings. The summed E-state index contributed by atoms with van der Waals surface area (Å²) in [5.74, 6) is -0.0780. The summed E-state index contributed by atoms with van der Waals surface area (Å²) in [6, 6.07) is 0. The molecule has 0 atom stereocenters. The smallest absolute Gasteiger partial charge is 0.221 e. The molecule has 0 saturated heterocycles. The fourth-order valence-electron chi connectivity index (χ4n) is 0.569. The van der Waals surface area contributed by atoms with Crippen LogP contribution >= 0.6 is 0 Å². The fourth-order valence-corrected chi connectivity index (χ4v) is 0.569. The molecule has 0 radical (unpaired) electrons. The predicted molar refractivity (Wildman–Crippen MR) is 42.2 cm³/mol. The van der Waals surface area contributed by atoms with Crippen molar-refractivity contribution in [3.05, 3.63) is 0 Å². The molecule has 4 nitrogen and oxygen atoms in total. The Balaban J connectivity index is 3.29. The van der Waals surface area contributed by atoms with Crippen LogP contribution in [0.1, 0.15) is 6.42 Å². The minimum absolute atomic E-state index is 0.0780. The van der Waals surface area contributed by atoms with E-state index in [1.807, 2.05) is 19.0 Å². The largest absolute Gasteiger partial charge is 0.349 e. The molecule has 0 bridgehead atoms. The van der Waals surface area contributed by atoms with E-state index in [-0.39, 0.29) is 12.5 Å². The molecule has 0 aromatic carbocycles. The zero-order valence-corrected chi connectivity index (χ0v) is 6.96. The summed E-state index contributed by atoms with van der Waals surface area (Å²) < 4.78 is 0. The van der Waals surface area contributed by atoms with E-state index in [1.54, 1.807) is 0 Å². The van der Waals surface area contributed by atoms with Crippen LogP contribution in [0.3, 0.4) is 0 Å². The van der Waals surface area contributed by atoms with Crippen LogP contribution in [0, 0.1) is 0 Å². The van der Waals surface area contributed by atoms with Gasteiger partial charge in [-0.25, -0.2) is 0 Å². The first-order valence-corrected chi connectivity index (χ1v) is 3.52. The molecule has 1 N–H and O–H groups in total. The number of hydrogen-bond acceptors (Lipinski definition) is 3. The van der Waals surface area contributed by atoms with Crippen LogP contribution in [0.5, 0.6) is 0 Å². The summed E-state index contributed by atoms with van der Waals surface area (Å²) in [6.45, 7) is 0.830. The third kappa shape index (κ3) is 6.99. The van der Waals surface area contributed by atoms with E-state index in [9.17, 15) is 9.59 Å². The third-order valence-corrected chi connectivity index (χ3v) is 1.17. The number of nitrogens with zero attached hydrogens (tertiary/aromatic N) is 1. The van der Waals surface area contributed by atoms with Crippen molar-refractivity contribution in [3.8, 4) is 0 Å². The van der Waals surface area contributed by atoms with Crippen molar-refractivity contribution < 1.29 is 9.59 Å². The normalized spacial score (nSPS) is 9.73. The van der Waals surface area contributed by atoms with Gasteiger partial charge in [-0.05, 0) is 14.1 Å². The summed E-state index contributed by atoms with van der Waals surface area (Å²) >= 11 is 0. The van der Waals surface area contributed by atoms with Crippen molar-refractivity contribution in [1.29, 1.82) is 0 Å². The lowest BCUT2D eigenvalue weighted by Gasteiger charge is -2.07. The summed E-state index contributed by atoms with van der Waals surface area (Å²) in [7, 11) is 3.79. The Morgan fingerprint density at radius 2 is 2.18 bits per heavy atom. The maximum absolute atomic E-state index is 10.8. The molecule has 0 aromatic rings. The number of amides is 1. The van der Waals surface area contributed by atoms with Crippen molar-refractivity contribution >= 4 is 12.2 Å². The van der Waals surface area contributed by atoms with E-state index in [1.165, 1.54) is 0 Å². The van der Waals surface area contributed by atoms with E-state index in [4.69, 9.17) is 0 Å². The zero-order chi connectivity index (χ0) is 8.69. The Bertz CT molecular complexity index is 134. The Labute approximate surface area is 66.6 Å². The molecule has 4 heteroatoms. The zero-order valence-electron chi connectivity index (χ0n) is 6.96. The first-order valence-electron chi connectivity index (χ1n) is 3.52. The minimum atomic E-state index is -0.0780. The van der Waals surface area contributed by atoms with Crippen LogP contribution < -0.4 is 5.32 Å². The van der Waals surface area contributed by atoms with Gasteiger partial charge >= 0.3 is 0 Å². The number of carbonyl (C=O) groups is 2. The quantitative estimate of drug-likeness (QED) is 0.536. The highest BCUT2D eigenvalue weighted by Gasteiger charge is 1.99. The van der Waals surface area contributed by atoms with Crippen LogP contribution in [0.4, 0.5) is 0 Å². The van der Waals surface area contributed by atoms with Gasteiger partial charge in [-0.3, -0.25) is 4.79 Å². The van der Waals surface area contributed by atoms with Crippen LogP contribution in [-0.4, -0.2) is 44.3 Å². The van der Waals surface area contributed by atoms with E-state index >= 15 is 0 Å². The standard InChI is InChI=1S/C7H14N2O2/c1-9(2)5-3-7(11)8-4-6-10/h6H,3-5H2,1-2H3,(H,8,11).